The van der Waals surface area contributed by atoms with Crippen LogP contribution in [0.25, 0.3) is 0 Å². The molecule has 0 aliphatic carbocycles. The van der Waals surface area contributed by atoms with Crippen LogP contribution in [0.3, 0.4) is 0 Å². The highest BCUT2D eigenvalue weighted by molar-refractivity contribution is 7.89. The fraction of sp³-hybridized carbons (Fsp3) is 0.538. The maximum absolute atomic E-state index is 12.5. The van der Waals surface area contributed by atoms with Crippen molar-refractivity contribution in [2.24, 2.45) is 5.92 Å². The normalized spacial score (nSPS) is 20.6. The molecule has 1 fully saturated rings. The lowest BCUT2D eigenvalue weighted by Crippen LogP contribution is -2.30. The van der Waals surface area contributed by atoms with Crippen LogP contribution in [0.4, 0.5) is 0 Å². The summed E-state index contributed by atoms with van der Waals surface area (Å²) in [4.78, 5) is 0.303. The van der Waals surface area contributed by atoms with Crippen LogP contribution >= 0.6 is 0 Å². The fourth-order valence-corrected chi connectivity index (χ4v) is 3.95. The molecule has 1 saturated heterocycles. The number of rotatable bonds is 5. The molecule has 1 aliphatic heterocycles. The summed E-state index contributed by atoms with van der Waals surface area (Å²) in [5, 5.41) is 3.10. The SMILES string of the molecule is CNCC1CCN(S(=O)(=O)c2cccc(OC)c2)C1. The van der Waals surface area contributed by atoms with Crippen molar-refractivity contribution >= 4 is 10.0 Å². The summed E-state index contributed by atoms with van der Waals surface area (Å²) in [6.45, 7) is 2.02. The van der Waals surface area contributed by atoms with E-state index in [4.69, 9.17) is 4.74 Å². The van der Waals surface area contributed by atoms with Crippen molar-refractivity contribution < 1.29 is 13.2 Å². The Labute approximate surface area is 114 Å². The number of methoxy groups -OCH3 is 1. The fourth-order valence-electron chi connectivity index (χ4n) is 2.38. The minimum Gasteiger partial charge on any atom is -0.497 e. The molecule has 1 aromatic carbocycles. The molecule has 1 aliphatic rings. The highest BCUT2D eigenvalue weighted by atomic mass is 32.2. The van der Waals surface area contributed by atoms with Crippen molar-refractivity contribution in [1.82, 2.24) is 9.62 Å². The molecule has 1 N–H and O–H groups in total. The van der Waals surface area contributed by atoms with E-state index in [-0.39, 0.29) is 0 Å². The first-order valence-electron chi connectivity index (χ1n) is 6.36. The molecule has 1 heterocycles. The number of sulfonamides is 1. The average Bonchev–Trinajstić information content (AvgIpc) is 2.88. The van der Waals surface area contributed by atoms with E-state index in [0.717, 1.165) is 13.0 Å². The Morgan fingerprint density at radius 2 is 2.26 bits per heavy atom. The van der Waals surface area contributed by atoms with E-state index in [1.807, 2.05) is 7.05 Å². The van der Waals surface area contributed by atoms with Gasteiger partial charge in [-0.3, -0.25) is 0 Å². The van der Waals surface area contributed by atoms with Crippen LogP contribution in [0.5, 0.6) is 5.75 Å². The molecule has 0 bridgehead atoms. The lowest BCUT2D eigenvalue weighted by atomic mass is 10.1. The minimum absolute atomic E-state index is 0.303. The molecule has 6 heteroatoms. The summed E-state index contributed by atoms with van der Waals surface area (Å²) in [5.74, 6) is 0.956. The van der Waals surface area contributed by atoms with Gasteiger partial charge in [-0.25, -0.2) is 8.42 Å². The van der Waals surface area contributed by atoms with Gasteiger partial charge in [0.15, 0.2) is 0 Å². The van der Waals surface area contributed by atoms with Gasteiger partial charge in [-0.05, 0) is 38.1 Å². The zero-order chi connectivity index (χ0) is 13.9. The Kier molecular flexibility index (Phi) is 4.44. The summed E-state index contributed by atoms with van der Waals surface area (Å²) in [6.07, 6.45) is 0.907. The quantitative estimate of drug-likeness (QED) is 0.874. The lowest BCUT2D eigenvalue weighted by molar-refractivity contribution is 0.412. The van der Waals surface area contributed by atoms with E-state index >= 15 is 0 Å². The molecule has 1 atom stereocenters. The second-order valence-electron chi connectivity index (χ2n) is 4.75. The number of benzene rings is 1. The third-order valence-electron chi connectivity index (χ3n) is 3.42. The first-order chi connectivity index (χ1) is 9.07. The summed E-state index contributed by atoms with van der Waals surface area (Å²) in [7, 11) is 0.0234. The highest BCUT2D eigenvalue weighted by Crippen LogP contribution is 2.25. The van der Waals surface area contributed by atoms with Crippen LogP contribution in [0, 0.1) is 5.92 Å². The van der Waals surface area contributed by atoms with Gasteiger partial charge in [0.05, 0.1) is 12.0 Å². The summed E-state index contributed by atoms with van der Waals surface area (Å²) in [5.41, 5.74) is 0. The van der Waals surface area contributed by atoms with Gasteiger partial charge in [0.1, 0.15) is 5.75 Å². The number of nitrogens with zero attached hydrogens (tertiary/aromatic N) is 1. The second kappa shape index (κ2) is 5.90. The van der Waals surface area contributed by atoms with E-state index in [1.54, 1.807) is 28.6 Å². The molecular weight excluding hydrogens is 264 g/mol. The molecule has 1 aromatic rings. The van der Waals surface area contributed by atoms with Crippen molar-refractivity contribution in [2.45, 2.75) is 11.3 Å². The maximum atomic E-state index is 12.5. The molecule has 0 amide bonds. The molecule has 0 saturated carbocycles. The van der Waals surface area contributed by atoms with Crippen molar-refractivity contribution in [1.29, 1.82) is 0 Å². The average molecular weight is 284 g/mol. The van der Waals surface area contributed by atoms with Crippen LogP contribution in [0.15, 0.2) is 29.2 Å². The molecule has 19 heavy (non-hydrogen) atoms. The van der Waals surface area contributed by atoms with E-state index in [0.29, 0.717) is 29.7 Å². The van der Waals surface area contributed by atoms with Crippen molar-refractivity contribution in [3.63, 3.8) is 0 Å². The van der Waals surface area contributed by atoms with Gasteiger partial charge in [-0.1, -0.05) is 6.07 Å². The third kappa shape index (κ3) is 3.08. The first-order valence-corrected chi connectivity index (χ1v) is 7.80. The number of hydrogen-bond acceptors (Lipinski definition) is 4. The lowest BCUT2D eigenvalue weighted by Gasteiger charge is -2.17. The van der Waals surface area contributed by atoms with E-state index in [2.05, 4.69) is 5.32 Å². The summed E-state index contributed by atoms with van der Waals surface area (Å²) < 4.78 is 31.6. The van der Waals surface area contributed by atoms with Gasteiger partial charge in [0.2, 0.25) is 10.0 Å². The topological polar surface area (TPSA) is 58.6 Å². The highest BCUT2D eigenvalue weighted by Gasteiger charge is 2.32. The Morgan fingerprint density at radius 1 is 1.47 bits per heavy atom. The predicted molar refractivity (Wildman–Crippen MR) is 73.8 cm³/mol. The van der Waals surface area contributed by atoms with Crippen LogP contribution in [0.2, 0.25) is 0 Å². The smallest absolute Gasteiger partial charge is 0.243 e. The molecule has 0 radical (unpaired) electrons. The summed E-state index contributed by atoms with van der Waals surface area (Å²) >= 11 is 0. The van der Waals surface area contributed by atoms with Gasteiger partial charge in [-0.15, -0.1) is 0 Å². The predicted octanol–water partition coefficient (Wildman–Crippen LogP) is 0.925. The van der Waals surface area contributed by atoms with Crippen LogP contribution in [-0.4, -0.2) is 46.5 Å². The zero-order valence-electron chi connectivity index (χ0n) is 11.3. The molecule has 106 valence electrons. The molecule has 1 unspecified atom stereocenters. The van der Waals surface area contributed by atoms with Crippen LogP contribution in [0.1, 0.15) is 6.42 Å². The summed E-state index contributed by atoms with van der Waals surface area (Å²) in [6, 6.07) is 6.63. The number of nitrogens with one attached hydrogen (secondary N) is 1. The number of ether oxygens (including phenoxy) is 1. The third-order valence-corrected chi connectivity index (χ3v) is 5.28. The molecular formula is C13H20N2O3S. The van der Waals surface area contributed by atoms with E-state index in [1.165, 1.54) is 7.11 Å². The van der Waals surface area contributed by atoms with Gasteiger partial charge >= 0.3 is 0 Å². The molecule has 5 nitrogen and oxygen atoms in total. The van der Waals surface area contributed by atoms with Crippen LogP contribution in [-0.2, 0) is 10.0 Å². The molecule has 2 rings (SSSR count). The van der Waals surface area contributed by atoms with Gasteiger partial charge in [-0.2, -0.15) is 4.31 Å². The van der Waals surface area contributed by atoms with Gasteiger partial charge in [0, 0.05) is 19.2 Å². The molecule has 0 aromatic heterocycles. The molecule has 0 spiro atoms. The maximum Gasteiger partial charge on any atom is 0.243 e. The van der Waals surface area contributed by atoms with Crippen LogP contribution < -0.4 is 10.1 Å². The Morgan fingerprint density at radius 3 is 2.95 bits per heavy atom. The monoisotopic (exact) mass is 284 g/mol. The van der Waals surface area contributed by atoms with Gasteiger partial charge in [0.25, 0.3) is 0 Å². The number of hydrogen-bond donors (Lipinski definition) is 1. The van der Waals surface area contributed by atoms with Crippen molar-refractivity contribution in [3.05, 3.63) is 24.3 Å². The standard InChI is InChI=1S/C13H20N2O3S/c1-14-9-11-6-7-15(10-11)19(16,17)13-5-3-4-12(8-13)18-2/h3-5,8,11,14H,6-7,9-10H2,1-2H3. The minimum atomic E-state index is -3.40. The van der Waals surface area contributed by atoms with Crippen molar-refractivity contribution in [2.75, 3.05) is 33.8 Å². The van der Waals surface area contributed by atoms with E-state index in [9.17, 15) is 8.42 Å². The largest absolute Gasteiger partial charge is 0.497 e. The Hall–Kier alpha value is -1.11. The Balaban J connectivity index is 2.18. The van der Waals surface area contributed by atoms with E-state index < -0.39 is 10.0 Å². The van der Waals surface area contributed by atoms with Gasteiger partial charge < -0.3 is 10.1 Å². The second-order valence-corrected chi connectivity index (χ2v) is 6.69. The Bertz CT molecular complexity index is 530. The zero-order valence-corrected chi connectivity index (χ0v) is 12.1. The first kappa shape index (κ1) is 14.3. The van der Waals surface area contributed by atoms with Crippen molar-refractivity contribution in [3.8, 4) is 5.75 Å².